The van der Waals surface area contributed by atoms with Crippen molar-refractivity contribution in [1.82, 2.24) is 4.90 Å². The van der Waals surface area contributed by atoms with Gasteiger partial charge in [-0.25, -0.2) is 0 Å². The maximum absolute atomic E-state index is 12.8. The number of fused-ring (bicyclic) bond motifs is 1. The number of carbonyl (C=O) groups is 1. The van der Waals surface area contributed by atoms with Crippen molar-refractivity contribution in [3.63, 3.8) is 0 Å². The summed E-state index contributed by atoms with van der Waals surface area (Å²) in [5.74, 6) is -0.0542. The van der Waals surface area contributed by atoms with Gasteiger partial charge in [0, 0.05) is 24.9 Å². The molecule has 1 amide bonds. The second-order valence-corrected chi connectivity index (χ2v) is 6.35. The number of carbonyl (C=O) groups excluding carboxylic acids is 1. The summed E-state index contributed by atoms with van der Waals surface area (Å²) < 4.78 is 34.0. The molecule has 0 radical (unpaired) electrons. The normalized spacial score (nSPS) is 16.0. The highest BCUT2D eigenvalue weighted by Crippen LogP contribution is 2.31. The third-order valence-electron chi connectivity index (χ3n) is 2.53. The van der Waals surface area contributed by atoms with E-state index in [9.17, 15) is 17.1 Å². The molecule has 1 aromatic heterocycles. The van der Waals surface area contributed by atoms with Gasteiger partial charge in [-0.15, -0.1) is 11.3 Å². The Bertz CT molecular complexity index is 535. The molecule has 1 aliphatic rings. The quantitative estimate of drug-likeness (QED) is 0.718. The molecule has 0 aromatic carbocycles. The van der Waals surface area contributed by atoms with E-state index in [4.69, 9.17) is 0 Å². The van der Waals surface area contributed by atoms with Crippen LogP contribution in [0, 0.1) is 0 Å². The fraction of sp³-hybridized carbons (Fsp3) is 0.444. The summed E-state index contributed by atoms with van der Waals surface area (Å²) in [6.07, 6.45) is 0.592. The van der Waals surface area contributed by atoms with Gasteiger partial charge in [-0.2, -0.15) is 8.42 Å². The van der Waals surface area contributed by atoms with E-state index in [2.05, 4.69) is 0 Å². The van der Waals surface area contributed by atoms with Crippen LogP contribution in [0.5, 0.6) is 0 Å². The highest BCUT2D eigenvalue weighted by Gasteiger charge is 2.24. The summed E-state index contributed by atoms with van der Waals surface area (Å²) in [7, 11) is -4.62. The van der Waals surface area contributed by atoms with Gasteiger partial charge in [0.15, 0.2) is 4.21 Å². The summed E-state index contributed by atoms with van der Waals surface area (Å²) in [4.78, 5) is 13.6. The van der Waals surface area contributed by atoms with Crippen molar-refractivity contribution in [3.8, 4) is 0 Å². The van der Waals surface area contributed by atoms with Gasteiger partial charge >= 0.3 is 10.2 Å². The first-order chi connectivity index (χ1) is 7.38. The Morgan fingerprint density at radius 2 is 2.25 bits per heavy atom. The summed E-state index contributed by atoms with van der Waals surface area (Å²) in [5, 5.41) is 0. The maximum Gasteiger partial charge on any atom is 0.341 e. The molecular weight excluding hydrogens is 253 g/mol. The Morgan fingerprint density at radius 3 is 2.81 bits per heavy atom. The van der Waals surface area contributed by atoms with Crippen molar-refractivity contribution >= 4 is 27.5 Å². The minimum absolute atomic E-state index is 0.0542. The molecule has 16 heavy (non-hydrogen) atoms. The number of hydrogen-bond acceptors (Lipinski definition) is 4. The van der Waals surface area contributed by atoms with Gasteiger partial charge in [-0.1, -0.05) is 3.89 Å². The molecule has 0 fully saturated rings. The zero-order chi connectivity index (χ0) is 11.9. The minimum atomic E-state index is -4.62. The summed E-state index contributed by atoms with van der Waals surface area (Å²) in [6, 6.07) is 1.32. The van der Waals surface area contributed by atoms with E-state index in [1.54, 1.807) is 4.90 Å². The van der Waals surface area contributed by atoms with E-state index in [1.165, 1.54) is 13.0 Å². The lowest BCUT2D eigenvalue weighted by Gasteiger charge is -2.25. The standard InChI is InChI=1S/C9H10FNO3S2/c1-6(12)11-3-2-8-7(5-11)4-9(15-8)16(10,13)14/h4H,2-3,5H2,1H3. The van der Waals surface area contributed by atoms with Crippen LogP contribution in [0.4, 0.5) is 3.89 Å². The van der Waals surface area contributed by atoms with Crippen molar-refractivity contribution in [2.75, 3.05) is 6.54 Å². The van der Waals surface area contributed by atoms with E-state index in [0.717, 1.165) is 21.8 Å². The number of thiophene rings is 1. The summed E-state index contributed by atoms with van der Waals surface area (Å²) >= 11 is 0.955. The Balaban J connectivity index is 2.34. The lowest BCUT2D eigenvalue weighted by atomic mass is 10.1. The number of amides is 1. The van der Waals surface area contributed by atoms with E-state index in [1.807, 2.05) is 0 Å². The van der Waals surface area contributed by atoms with Crippen LogP contribution in [-0.4, -0.2) is 25.8 Å². The topological polar surface area (TPSA) is 54.5 Å². The fourth-order valence-corrected chi connectivity index (χ4v) is 3.57. The smallest absolute Gasteiger partial charge is 0.338 e. The molecule has 0 bridgehead atoms. The maximum atomic E-state index is 12.8. The predicted molar refractivity (Wildman–Crippen MR) is 57.4 cm³/mol. The second-order valence-electron chi connectivity index (χ2n) is 3.64. The lowest BCUT2D eigenvalue weighted by molar-refractivity contribution is -0.129. The van der Waals surface area contributed by atoms with Crippen molar-refractivity contribution in [2.45, 2.75) is 24.1 Å². The van der Waals surface area contributed by atoms with Crippen molar-refractivity contribution in [2.24, 2.45) is 0 Å². The van der Waals surface area contributed by atoms with E-state index in [0.29, 0.717) is 19.5 Å². The average molecular weight is 263 g/mol. The van der Waals surface area contributed by atoms with Crippen LogP contribution < -0.4 is 0 Å². The molecule has 1 aliphatic heterocycles. The lowest BCUT2D eigenvalue weighted by Crippen LogP contribution is -2.33. The molecule has 4 nitrogen and oxygen atoms in total. The van der Waals surface area contributed by atoms with Gasteiger partial charge in [0.05, 0.1) is 0 Å². The Kier molecular flexibility index (Phi) is 2.75. The highest BCUT2D eigenvalue weighted by molar-refractivity contribution is 7.88. The molecular formula is C9H10FNO3S2. The largest absolute Gasteiger partial charge is 0.341 e. The Hall–Kier alpha value is -0.950. The Labute approximate surface area is 96.9 Å². The molecule has 1 aromatic rings. The molecule has 0 spiro atoms. The van der Waals surface area contributed by atoms with E-state index < -0.39 is 10.2 Å². The number of nitrogens with zero attached hydrogens (tertiary/aromatic N) is 1. The molecule has 88 valence electrons. The third-order valence-corrected chi connectivity index (χ3v) is 5.01. The van der Waals surface area contributed by atoms with Gasteiger partial charge in [0.2, 0.25) is 5.91 Å². The van der Waals surface area contributed by atoms with Gasteiger partial charge in [-0.3, -0.25) is 4.79 Å². The third kappa shape index (κ3) is 2.10. The number of halogens is 1. The summed E-state index contributed by atoms with van der Waals surface area (Å²) in [6.45, 7) is 2.40. The predicted octanol–water partition coefficient (Wildman–Crippen LogP) is 1.31. The number of rotatable bonds is 1. The molecule has 7 heteroatoms. The molecule has 0 saturated carbocycles. The SMILES string of the molecule is CC(=O)N1CCc2sc(S(=O)(=O)F)cc2C1. The van der Waals surface area contributed by atoms with Crippen LogP contribution in [0.15, 0.2) is 10.3 Å². The first-order valence-electron chi connectivity index (χ1n) is 4.69. The molecule has 0 N–H and O–H groups in total. The van der Waals surface area contributed by atoms with Crippen molar-refractivity contribution < 1.29 is 17.1 Å². The first-order valence-corrected chi connectivity index (χ1v) is 6.89. The van der Waals surface area contributed by atoms with E-state index >= 15 is 0 Å². The zero-order valence-electron chi connectivity index (χ0n) is 8.57. The van der Waals surface area contributed by atoms with Crippen LogP contribution in [0.25, 0.3) is 0 Å². The Morgan fingerprint density at radius 1 is 1.56 bits per heavy atom. The number of hydrogen-bond donors (Lipinski definition) is 0. The van der Waals surface area contributed by atoms with Crippen LogP contribution >= 0.6 is 11.3 Å². The van der Waals surface area contributed by atoms with E-state index in [-0.39, 0.29) is 10.1 Å². The van der Waals surface area contributed by atoms with Gasteiger partial charge in [-0.05, 0) is 18.1 Å². The monoisotopic (exact) mass is 263 g/mol. The molecule has 0 unspecified atom stereocenters. The minimum Gasteiger partial charge on any atom is -0.338 e. The molecule has 0 atom stereocenters. The van der Waals surface area contributed by atoms with Crippen LogP contribution in [0.3, 0.4) is 0 Å². The molecule has 2 rings (SSSR count). The fourth-order valence-electron chi connectivity index (χ4n) is 1.69. The highest BCUT2D eigenvalue weighted by atomic mass is 32.3. The zero-order valence-corrected chi connectivity index (χ0v) is 10.2. The molecule has 0 aliphatic carbocycles. The average Bonchev–Trinajstić information content (AvgIpc) is 2.58. The van der Waals surface area contributed by atoms with Crippen molar-refractivity contribution in [3.05, 3.63) is 16.5 Å². The van der Waals surface area contributed by atoms with Gasteiger partial charge in [0.1, 0.15) is 0 Å². The van der Waals surface area contributed by atoms with Crippen molar-refractivity contribution in [1.29, 1.82) is 0 Å². The van der Waals surface area contributed by atoms with Gasteiger partial charge < -0.3 is 4.90 Å². The summed E-state index contributed by atoms with van der Waals surface area (Å²) in [5.41, 5.74) is 0.739. The molecule has 2 heterocycles. The van der Waals surface area contributed by atoms with Crippen LogP contribution in [0.1, 0.15) is 17.4 Å². The van der Waals surface area contributed by atoms with Crippen LogP contribution in [-0.2, 0) is 28.0 Å². The second kappa shape index (κ2) is 3.81. The van der Waals surface area contributed by atoms with Crippen LogP contribution in [0.2, 0.25) is 0 Å². The first kappa shape index (κ1) is 11.5. The molecule has 0 saturated heterocycles. The van der Waals surface area contributed by atoms with Gasteiger partial charge in [0.25, 0.3) is 0 Å².